The fraction of sp³-hybridized carbons (Fsp3) is 0.409. The maximum absolute atomic E-state index is 11.6. The van der Waals surface area contributed by atoms with Crippen molar-refractivity contribution in [2.45, 2.75) is 32.5 Å². The maximum Gasteiger partial charge on any atom is 0.159 e. The Balaban J connectivity index is 1.63. The van der Waals surface area contributed by atoms with Crippen molar-refractivity contribution in [2.75, 3.05) is 26.2 Å². The number of hydrogen-bond acceptors (Lipinski definition) is 4. The maximum atomic E-state index is 11.6. The molecule has 4 nitrogen and oxygen atoms in total. The van der Waals surface area contributed by atoms with Gasteiger partial charge in [0.1, 0.15) is 0 Å². The standard InChI is InChI=1S/C22H28N2O2/c1-18(26)21-9-5-8-20(14-21)15-23-11-12-24(22(17-23)10-13-25)16-19-6-3-2-4-7-19/h2-9,14,22,25H,10-13,15-17H2,1H3/t22-/m0/s1. The third-order valence-electron chi connectivity index (χ3n) is 5.12. The Bertz CT molecular complexity index is 717. The monoisotopic (exact) mass is 352 g/mol. The highest BCUT2D eigenvalue weighted by Crippen LogP contribution is 2.19. The number of nitrogens with zero attached hydrogens (tertiary/aromatic N) is 2. The average Bonchev–Trinajstić information content (AvgIpc) is 2.65. The fourth-order valence-electron chi connectivity index (χ4n) is 3.70. The van der Waals surface area contributed by atoms with Crippen molar-refractivity contribution in [3.05, 3.63) is 71.3 Å². The number of benzene rings is 2. The van der Waals surface area contributed by atoms with Crippen molar-refractivity contribution < 1.29 is 9.90 Å². The molecule has 0 amide bonds. The molecule has 26 heavy (non-hydrogen) atoms. The summed E-state index contributed by atoms with van der Waals surface area (Å²) >= 11 is 0. The van der Waals surface area contributed by atoms with Gasteiger partial charge in [0.25, 0.3) is 0 Å². The van der Waals surface area contributed by atoms with Gasteiger partial charge in [0.2, 0.25) is 0 Å². The van der Waals surface area contributed by atoms with Crippen LogP contribution in [-0.4, -0.2) is 53.0 Å². The number of aliphatic hydroxyl groups is 1. The Morgan fingerprint density at radius 2 is 1.81 bits per heavy atom. The summed E-state index contributed by atoms with van der Waals surface area (Å²) in [6, 6.07) is 18.8. The van der Waals surface area contributed by atoms with E-state index >= 15 is 0 Å². The molecule has 138 valence electrons. The number of Topliss-reactive ketones (excluding diaryl/α,β-unsaturated/α-hetero) is 1. The van der Waals surface area contributed by atoms with E-state index in [1.54, 1.807) is 6.92 Å². The molecule has 2 aromatic carbocycles. The SMILES string of the molecule is CC(=O)c1cccc(CN2CCN(Cc3ccccc3)[C@@H](CCO)C2)c1. The van der Waals surface area contributed by atoms with Gasteiger partial charge in [0.15, 0.2) is 5.78 Å². The van der Waals surface area contributed by atoms with Gasteiger partial charge in [-0.3, -0.25) is 14.6 Å². The van der Waals surface area contributed by atoms with Crippen LogP contribution in [0.15, 0.2) is 54.6 Å². The van der Waals surface area contributed by atoms with Crippen molar-refractivity contribution in [2.24, 2.45) is 0 Å². The first-order valence-electron chi connectivity index (χ1n) is 9.37. The highest BCUT2D eigenvalue weighted by atomic mass is 16.3. The Morgan fingerprint density at radius 1 is 1.04 bits per heavy atom. The van der Waals surface area contributed by atoms with Gasteiger partial charge in [0.05, 0.1) is 0 Å². The smallest absolute Gasteiger partial charge is 0.159 e. The first kappa shape index (κ1) is 18.8. The second-order valence-corrected chi connectivity index (χ2v) is 7.11. The predicted octanol–water partition coefficient (Wildman–Crippen LogP) is 2.96. The lowest BCUT2D eigenvalue weighted by Crippen LogP contribution is -2.52. The third-order valence-corrected chi connectivity index (χ3v) is 5.12. The highest BCUT2D eigenvalue weighted by Gasteiger charge is 2.26. The molecular formula is C22H28N2O2. The Hall–Kier alpha value is -2.01. The zero-order valence-electron chi connectivity index (χ0n) is 15.5. The zero-order chi connectivity index (χ0) is 18.4. The molecule has 4 heteroatoms. The van der Waals surface area contributed by atoms with Gasteiger partial charge in [-0.2, -0.15) is 0 Å². The molecule has 2 aromatic rings. The summed E-state index contributed by atoms with van der Waals surface area (Å²) in [6.45, 7) is 6.53. The van der Waals surface area contributed by atoms with Crippen molar-refractivity contribution >= 4 is 5.78 Å². The van der Waals surface area contributed by atoms with Gasteiger partial charge in [-0.05, 0) is 30.5 Å². The Kier molecular flexibility index (Phi) is 6.56. The van der Waals surface area contributed by atoms with Gasteiger partial charge >= 0.3 is 0 Å². The van der Waals surface area contributed by atoms with E-state index in [-0.39, 0.29) is 12.4 Å². The second-order valence-electron chi connectivity index (χ2n) is 7.11. The molecule has 0 aromatic heterocycles. The summed E-state index contributed by atoms with van der Waals surface area (Å²) in [4.78, 5) is 16.5. The average molecular weight is 352 g/mol. The van der Waals surface area contributed by atoms with Crippen LogP contribution < -0.4 is 0 Å². The van der Waals surface area contributed by atoms with Crippen molar-refractivity contribution in [1.29, 1.82) is 0 Å². The molecule has 0 unspecified atom stereocenters. The van der Waals surface area contributed by atoms with Crippen LogP contribution in [0.1, 0.15) is 34.8 Å². The molecule has 0 saturated carbocycles. The number of carbonyl (C=O) groups excluding carboxylic acids is 1. The van der Waals surface area contributed by atoms with E-state index in [2.05, 4.69) is 40.1 Å². The van der Waals surface area contributed by atoms with Crippen LogP contribution in [0.5, 0.6) is 0 Å². The van der Waals surface area contributed by atoms with E-state index in [9.17, 15) is 9.90 Å². The third kappa shape index (κ3) is 5.01. The first-order chi connectivity index (χ1) is 12.7. The molecule has 1 saturated heterocycles. The number of ketones is 1. The van der Waals surface area contributed by atoms with Crippen molar-refractivity contribution in [1.82, 2.24) is 9.80 Å². The van der Waals surface area contributed by atoms with Crippen LogP contribution in [0.4, 0.5) is 0 Å². The minimum Gasteiger partial charge on any atom is -0.396 e. The van der Waals surface area contributed by atoms with Crippen molar-refractivity contribution in [3.63, 3.8) is 0 Å². The number of rotatable bonds is 7. The van der Waals surface area contributed by atoms with Crippen molar-refractivity contribution in [3.8, 4) is 0 Å². The lowest BCUT2D eigenvalue weighted by Gasteiger charge is -2.41. The largest absolute Gasteiger partial charge is 0.396 e. The van der Waals surface area contributed by atoms with Crippen LogP contribution in [0.2, 0.25) is 0 Å². The summed E-state index contributed by atoms with van der Waals surface area (Å²) < 4.78 is 0. The molecule has 1 heterocycles. The Labute approximate surface area is 156 Å². The minimum absolute atomic E-state index is 0.109. The molecule has 1 atom stereocenters. The Morgan fingerprint density at radius 3 is 2.54 bits per heavy atom. The summed E-state index contributed by atoms with van der Waals surface area (Å²) in [5, 5.41) is 9.49. The molecule has 0 aliphatic carbocycles. The van der Waals surface area contributed by atoms with Gasteiger partial charge in [-0.1, -0.05) is 48.5 Å². The number of hydrogen-bond donors (Lipinski definition) is 1. The van der Waals surface area contributed by atoms with Crippen LogP contribution >= 0.6 is 0 Å². The summed E-state index contributed by atoms with van der Waals surface area (Å²) in [7, 11) is 0. The van der Waals surface area contributed by atoms with Crippen LogP contribution in [0, 0.1) is 0 Å². The number of piperazine rings is 1. The first-order valence-corrected chi connectivity index (χ1v) is 9.37. The van der Waals surface area contributed by atoms with E-state index in [4.69, 9.17) is 0 Å². The van der Waals surface area contributed by atoms with E-state index < -0.39 is 0 Å². The van der Waals surface area contributed by atoms with E-state index in [1.165, 1.54) is 11.1 Å². The highest BCUT2D eigenvalue weighted by molar-refractivity contribution is 5.94. The summed E-state index contributed by atoms with van der Waals surface area (Å²) in [5.74, 6) is 0.109. The second kappa shape index (κ2) is 9.08. The van der Waals surface area contributed by atoms with Gasteiger partial charge in [-0.15, -0.1) is 0 Å². The van der Waals surface area contributed by atoms with Crippen LogP contribution in [0.25, 0.3) is 0 Å². The molecule has 1 aliphatic rings. The lowest BCUT2D eigenvalue weighted by atomic mass is 10.0. The van der Waals surface area contributed by atoms with Crippen LogP contribution in [-0.2, 0) is 13.1 Å². The molecule has 0 radical (unpaired) electrons. The topological polar surface area (TPSA) is 43.8 Å². The molecule has 0 spiro atoms. The molecule has 1 fully saturated rings. The summed E-state index contributed by atoms with van der Waals surface area (Å²) in [5.41, 5.74) is 3.27. The molecule has 1 N–H and O–H groups in total. The van der Waals surface area contributed by atoms with E-state index in [1.807, 2.05) is 24.3 Å². The minimum atomic E-state index is 0.109. The van der Waals surface area contributed by atoms with Crippen LogP contribution in [0.3, 0.4) is 0 Å². The predicted molar refractivity (Wildman–Crippen MR) is 104 cm³/mol. The summed E-state index contributed by atoms with van der Waals surface area (Å²) in [6.07, 6.45) is 0.789. The quantitative estimate of drug-likeness (QED) is 0.778. The lowest BCUT2D eigenvalue weighted by molar-refractivity contribution is 0.0499. The number of aliphatic hydroxyl groups excluding tert-OH is 1. The van der Waals surface area contributed by atoms with Gasteiger partial charge in [0, 0.05) is 50.9 Å². The molecule has 3 rings (SSSR count). The normalized spacial score (nSPS) is 18.8. The molecular weight excluding hydrogens is 324 g/mol. The molecule has 0 bridgehead atoms. The zero-order valence-corrected chi connectivity index (χ0v) is 15.5. The van der Waals surface area contributed by atoms with E-state index in [0.717, 1.165) is 44.7 Å². The fourth-order valence-corrected chi connectivity index (χ4v) is 3.70. The van der Waals surface area contributed by atoms with E-state index in [0.29, 0.717) is 6.04 Å². The molecule has 1 aliphatic heterocycles. The van der Waals surface area contributed by atoms with Gasteiger partial charge < -0.3 is 5.11 Å². The number of carbonyl (C=O) groups is 1. The van der Waals surface area contributed by atoms with Gasteiger partial charge in [-0.25, -0.2) is 0 Å².